The first-order valence-corrected chi connectivity index (χ1v) is 12.2. The quantitative estimate of drug-likeness (QED) is 0.498. The van der Waals surface area contributed by atoms with Crippen LogP contribution in [0.2, 0.25) is 0 Å². The highest BCUT2D eigenvalue weighted by atomic mass is 16.5. The summed E-state index contributed by atoms with van der Waals surface area (Å²) >= 11 is 0. The Bertz CT molecular complexity index is 1300. The van der Waals surface area contributed by atoms with Crippen LogP contribution in [0.1, 0.15) is 60.1 Å². The van der Waals surface area contributed by atoms with Gasteiger partial charge < -0.3 is 9.47 Å². The summed E-state index contributed by atoms with van der Waals surface area (Å²) in [6.45, 7) is 1.96. The summed E-state index contributed by atoms with van der Waals surface area (Å²) in [5, 5.41) is 7.44. The molecule has 1 aromatic heterocycles. The van der Waals surface area contributed by atoms with Gasteiger partial charge in [-0.05, 0) is 67.8 Å². The fourth-order valence-electron chi connectivity index (χ4n) is 5.35. The van der Waals surface area contributed by atoms with E-state index in [1.165, 1.54) is 6.42 Å². The van der Waals surface area contributed by atoms with Gasteiger partial charge in [0, 0.05) is 23.1 Å². The summed E-state index contributed by atoms with van der Waals surface area (Å²) in [5.41, 5.74) is 4.08. The number of carbonyl (C=O) groups is 2. The Kier molecular flexibility index (Phi) is 6.32. The van der Waals surface area contributed by atoms with Crippen molar-refractivity contribution in [1.29, 1.82) is 0 Å². The standard InChI is InChI=1S/C28H31N3O4/c1-18-24(15-20-16-27(32)31(29-20)21-7-5-4-6-8-21)25-17-23(35-3)13-14-26(25)30(18)28(33)19-9-11-22(34-2)12-10-19/h9-14,17,21H,4-8,15-16H2,1-3H3. The van der Waals surface area contributed by atoms with Crippen LogP contribution in [0.4, 0.5) is 0 Å². The second kappa shape index (κ2) is 9.56. The monoisotopic (exact) mass is 473 g/mol. The molecule has 0 N–H and O–H groups in total. The molecule has 0 radical (unpaired) electrons. The van der Waals surface area contributed by atoms with Gasteiger partial charge in [0.15, 0.2) is 0 Å². The summed E-state index contributed by atoms with van der Waals surface area (Å²) in [5.74, 6) is 1.40. The van der Waals surface area contributed by atoms with Crippen LogP contribution in [0.3, 0.4) is 0 Å². The number of rotatable bonds is 6. The van der Waals surface area contributed by atoms with Crippen LogP contribution in [0.25, 0.3) is 10.9 Å². The molecular formula is C28H31N3O4. The number of amides is 1. The molecule has 1 aliphatic carbocycles. The fourth-order valence-corrected chi connectivity index (χ4v) is 5.35. The van der Waals surface area contributed by atoms with Crippen LogP contribution < -0.4 is 9.47 Å². The smallest absolute Gasteiger partial charge is 0.262 e. The van der Waals surface area contributed by atoms with Crippen molar-refractivity contribution in [1.82, 2.24) is 9.58 Å². The van der Waals surface area contributed by atoms with E-state index in [1.54, 1.807) is 48.1 Å². The van der Waals surface area contributed by atoms with Gasteiger partial charge >= 0.3 is 0 Å². The Hall–Kier alpha value is -3.61. The van der Waals surface area contributed by atoms with E-state index in [1.807, 2.05) is 25.1 Å². The Morgan fingerprint density at radius 3 is 2.37 bits per heavy atom. The number of hydrogen-bond acceptors (Lipinski definition) is 5. The average Bonchev–Trinajstić information content (AvgIpc) is 3.40. The molecule has 0 bridgehead atoms. The Morgan fingerprint density at radius 1 is 1.00 bits per heavy atom. The van der Waals surface area contributed by atoms with Crippen LogP contribution in [0.5, 0.6) is 11.5 Å². The lowest BCUT2D eigenvalue weighted by atomic mass is 9.95. The third-order valence-corrected chi connectivity index (χ3v) is 7.24. The van der Waals surface area contributed by atoms with Crippen LogP contribution in [-0.4, -0.2) is 47.4 Å². The van der Waals surface area contributed by atoms with Crippen molar-refractivity contribution in [2.75, 3.05) is 14.2 Å². The van der Waals surface area contributed by atoms with Gasteiger partial charge in [0.1, 0.15) is 11.5 Å². The highest BCUT2D eigenvalue weighted by Gasteiger charge is 2.32. The molecule has 7 nitrogen and oxygen atoms in total. The Balaban J connectivity index is 1.53. The van der Waals surface area contributed by atoms with Gasteiger partial charge in [0.05, 0.1) is 37.9 Å². The first-order valence-electron chi connectivity index (χ1n) is 12.2. The molecule has 0 unspecified atom stereocenters. The molecule has 2 aromatic carbocycles. The zero-order valence-electron chi connectivity index (χ0n) is 20.5. The number of methoxy groups -OCH3 is 2. The number of aromatic nitrogens is 1. The molecule has 2 heterocycles. The summed E-state index contributed by atoms with van der Waals surface area (Å²) in [4.78, 5) is 26.4. The van der Waals surface area contributed by atoms with Crippen LogP contribution >= 0.6 is 0 Å². The van der Waals surface area contributed by atoms with Crippen molar-refractivity contribution >= 4 is 28.4 Å². The number of carbonyl (C=O) groups excluding carboxylic acids is 2. The van der Waals surface area contributed by atoms with Gasteiger partial charge in [-0.15, -0.1) is 0 Å². The predicted octanol–water partition coefficient (Wildman–Crippen LogP) is 5.12. The lowest BCUT2D eigenvalue weighted by Crippen LogP contribution is -2.34. The number of hydrogen-bond donors (Lipinski definition) is 0. The average molecular weight is 474 g/mol. The first-order chi connectivity index (χ1) is 17.0. The van der Waals surface area contributed by atoms with Crippen LogP contribution in [0.15, 0.2) is 47.6 Å². The molecule has 1 saturated carbocycles. The van der Waals surface area contributed by atoms with E-state index < -0.39 is 0 Å². The van der Waals surface area contributed by atoms with Gasteiger partial charge in [-0.1, -0.05) is 19.3 Å². The first kappa shape index (κ1) is 23.1. The second-order valence-electron chi connectivity index (χ2n) is 9.37. The molecule has 35 heavy (non-hydrogen) atoms. The maximum absolute atomic E-state index is 13.6. The van der Waals surface area contributed by atoms with Gasteiger partial charge in [-0.2, -0.15) is 5.10 Å². The fraction of sp³-hybridized carbons (Fsp3) is 0.393. The van der Waals surface area contributed by atoms with Crippen molar-refractivity contribution in [3.8, 4) is 11.5 Å². The molecular weight excluding hydrogens is 442 g/mol. The molecule has 1 fully saturated rings. The van der Waals surface area contributed by atoms with Gasteiger partial charge in [-0.25, -0.2) is 5.01 Å². The van der Waals surface area contributed by atoms with Crippen LogP contribution in [-0.2, 0) is 11.2 Å². The van der Waals surface area contributed by atoms with Gasteiger partial charge in [0.2, 0.25) is 5.91 Å². The zero-order chi connectivity index (χ0) is 24.5. The zero-order valence-corrected chi connectivity index (χ0v) is 20.5. The lowest BCUT2D eigenvalue weighted by molar-refractivity contribution is -0.131. The van der Waals surface area contributed by atoms with Crippen molar-refractivity contribution < 1.29 is 19.1 Å². The van der Waals surface area contributed by atoms with E-state index in [-0.39, 0.29) is 17.9 Å². The highest BCUT2D eigenvalue weighted by Crippen LogP contribution is 2.33. The van der Waals surface area contributed by atoms with Gasteiger partial charge in [0.25, 0.3) is 5.91 Å². The number of ether oxygens (including phenoxy) is 2. The van der Waals surface area contributed by atoms with E-state index in [0.29, 0.717) is 24.2 Å². The number of hydrazone groups is 1. The minimum absolute atomic E-state index is 0.0835. The van der Waals surface area contributed by atoms with Crippen molar-refractivity contribution in [2.45, 2.75) is 57.9 Å². The van der Waals surface area contributed by atoms with Gasteiger partial charge in [-0.3, -0.25) is 14.2 Å². The molecule has 1 aliphatic heterocycles. The van der Waals surface area contributed by atoms with Crippen LogP contribution in [0, 0.1) is 6.92 Å². The molecule has 0 spiro atoms. The topological polar surface area (TPSA) is 73.1 Å². The molecule has 2 aliphatic rings. The summed E-state index contributed by atoms with van der Waals surface area (Å²) in [6.07, 6.45) is 6.44. The Morgan fingerprint density at radius 2 is 1.69 bits per heavy atom. The predicted molar refractivity (Wildman–Crippen MR) is 135 cm³/mol. The van der Waals surface area contributed by atoms with E-state index >= 15 is 0 Å². The minimum Gasteiger partial charge on any atom is -0.497 e. The van der Waals surface area contributed by atoms with Crippen molar-refractivity contribution in [2.24, 2.45) is 5.10 Å². The summed E-state index contributed by atoms with van der Waals surface area (Å²) < 4.78 is 12.5. The van der Waals surface area contributed by atoms with Crippen molar-refractivity contribution in [3.63, 3.8) is 0 Å². The third-order valence-electron chi connectivity index (χ3n) is 7.24. The number of benzene rings is 2. The molecule has 5 rings (SSSR count). The maximum atomic E-state index is 13.6. The number of fused-ring (bicyclic) bond motifs is 1. The number of nitrogens with zero attached hydrogens (tertiary/aromatic N) is 3. The van der Waals surface area contributed by atoms with E-state index in [4.69, 9.17) is 14.6 Å². The third kappa shape index (κ3) is 4.31. The Labute approximate surface area is 205 Å². The second-order valence-corrected chi connectivity index (χ2v) is 9.37. The molecule has 182 valence electrons. The SMILES string of the molecule is COc1ccc(C(=O)n2c(C)c(CC3=NN(C4CCCCC4)C(=O)C3)c3cc(OC)ccc32)cc1. The van der Waals surface area contributed by atoms with E-state index in [2.05, 4.69) is 0 Å². The summed E-state index contributed by atoms with van der Waals surface area (Å²) in [6, 6.07) is 13.1. The normalized spacial score (nSPS) is 16.6. The molecule has 7 heteroatoms. The van der Waals surface area contributed by atoms with E-state index in [0.717, 1.165) is 59.3 Å². The van der Waals surface area contributed by atoms with E-state index in [9.17, 15) is 9.59 Å². The lowest BCUT2D eigenvalue weighted by Gasteiger charge is -2.27. The van der Waals surface area contributed by atoms with Crippen molar-refractivity contribution in [3.05, 3.63) is 59.3 Å². The summed E-state index contributed by atoms with van der Waals surface area (Å²) in [7, 11) is 3.24. The largest absolute Gasteiger partial charge is 0.497 e. The minimum atomic E-state index is -0.111. The molecule has 0 atom stereocenters. The molecule has 0 saturated heterocycles. The molecule has 3 aromatic rings. The highest BCUT2D eigenvalue weighted by molar-refractivity contribution is 6.09. The molecule has 1 amide bonds. The maximum Gasteiger partial charge on any atom is 0.262 e.